The Hall–Kier alpha value is -3.46. The molecule has 12 heteroatoms. The highest BCUT2D eigenvalue weighted by Gasteiger charge is 2.48. The lowest BCUT2D eigenvalue weighted by atomic mass is 9.81. The van der Waals surface area contributed by atoms with Crippen LogP contribution < -0.4 is 10.6 Å². The van der Waals surface area contributed by atoms with Gasteiger partial charge in [0.2, 0.25) is 17.8 Å². The molecule has 0 aromatic carbocycles. The van der Waals surface area contributed by atoms with Crippen molar-refractivity contribution in [3.8, 4) is 6.07 Å². The maximum Gasteiger partial charge on any atom is 0.249 e. The van der Waals surface area contributed by atoms with Crippen molar-refractivity contribution in [1.29, 1.82) is 5.26 Å². The van der Waals surface area contributed by atoms with Crippen LogP contribution in [0.3, 0.4) is 0 Å². The number of halogens is 2. The third kappa shape index (κ3) is 4.88. The van der Waals surface area contributed by atoms with Crippen LogP contribution in [0.4, 0.5) is 8.78 Å². The number of rotatable bonds is 6. The summed E-state index contributed by atoms with van der Waals surface area (Å²) >= 11 is 0. The van der Waals surface area contributed by atoms with Gasteiger partial charge in [0.05, 0.1) is 24.3 Å². The first-order valence-electron chi connectivity index (χ1n) is 10.0. The second-order valence-electron chi connectivity index (χ2n) is 7.83. The molecule has 2 heterocycles. The monoisotopic (exact) mass is 445 g/mol. The molecule has 32 heavy (non-hydrogen) atoms. The van der Waals surface area contributed by atoms with Crippen molar-refractivity contribution in [3.63, 3.8) is 0 Å². The van der Waals surface area contributed by atoms with Crippen LogP contribution in [0.25, 0.3) is 0 Å². The van der Waals surface area contributed by atoms with E-state index in [4.69, 9.17) is 5.26 Å². The molecule has 2 fully saturated rings. The van der Waals surface area contributed by atoms with E-state index in [0.29, 0.717) is 30.9 Å². The third-order valence-electron chi connectivity index (χ3n) is 5.39. The van der Waals surface area contributed by atoms with Crippen molar-refractivity contribution < 1.29 is 13.6 Å². The highest BCUT2D eigenvalue weighted by molar-refractivity contribution is 6.02. The van der Waals surface area contributed by atoms with Crippen molar-refractivity contribution >= 4 is 24.4 Å². The minimum atomic E-state index is -2.80. The molecule has 2 aliphatic rings. The molecule has 1 aliphatic heterocycles. The minimum Gasteiger partial charge on any atom is -0.312 e. The molecule has 1 amide bonds. The number of aliphatic imine (C=N–C) groups is 2. The number of amides is 1. The topological polar surface area (TPSA) is 123 Å². The number of hydrogen-bond acceptors (Lipinski definition) is 6. The number of hydrogen-bond donors (Lipinski definition) is 2. The van der Waals surface area contributed by atoms with Gasteiger partial charge in [0, 0.05) is 51.3 Å². The smallest absolute Gasteiger partial charge is 0.249 e. The molecule has 170 valence electrons. The first-order valence-corrected chi connectivity index (χ1v) is 10.0. The first kappa shape index (κ1) is 23.2. The third-order valence-corrected chi connectivity index (χ3v) is 5.39. The molecule has 1 saturated heterocycles. The Bertz CT molecular complexity index is 993. The number of amidine groups is 1. The van der Waals surface area contributed by atoms with Gasteiger partial charge in [0.15, 0.2) is 5.84 Å². The van der Waals surface area contributed by atoms with E-state index in [0.717, 1.165) is 0 Å². The van der Waals surface area contributed by atoms with E-state index in [9.17, 15) is 13.6 Å². The average molecular weight is 445 g/mol. The fourth-order valence-electron chi connectivity index (χ4n) is 3.46. The van der Waals surface area contributed by atoms with Crippen LogP contribution in [0.5, 0.6) is 0 Å². The molecule has 10 nitrogen and oxygen atoms in total. The predicted molar refractivity (Wildman–Crippen MR) is 115 cm³/mol. The van der Waals surface area contributed by atoms with Gasteiger partial charge in [-0.25, -0.2) is 23.8 Å². The van der Waals surface area contributed by atoms with Crippen LogP contribution in [0.1, 0.15) is 31.7 Å². The minimum absolute atomic E-state index is 0.127. The van der Waals surface area contributed by atoms with Crippen LogP contribution in [0.2, 0.25) is 0 Å². The number of alkyl halides is 2. The Balaban J connectivity index is 1.79. The number of carbonyl (C=O) groups excluding carboxylic acids is 1. The van der Waals surface area contributed by atoms with Gasteiger partial charge >= 0.3 is 0 Å². The van der Waals surface area contributed by atoms with Gasteiger partial charge in [-0.05, 0) is 13.6 Å². The summed E-state index contributed by atoms with van der Waals surface area (Å²) in [5, 5.41) is 24.8. The van der Waals surface area contributed by atoms with Gasteiger partial charge in [-0.3, -0.25) is 14.8 Å². The van der Waals surface area contributed by atoms with Crippen molar-refractivity contribution in [3.05, 3.63) is 30.2 Å². The number of hydrazone groups is 1. The number of aromatic nitrogens is 2. The Morgan fingerprint density at radius 2 is 2.25 bits per heavy atom. The molecule has 3 rings (SSSR count). The van der Waals surface area contributed by atoms with Crippen molar-refractivity contribution in [2.24, 2.45) is 21.0 Å². The Kier molecular flexibility index (Phi) is 6.78. The molecular weight excluding hydrogens is 420 g/mol. The summed E-state index contributed by atoms with van der Waals surface area (Å²) in [6.45, 7) is 6.46. The summed E-state index contributed by atoms with van der Waals surface area (Å²) < 4.78 is 27.8. The van der Waals surface area contributed by atoms with E-state index in [-0.39, 0.29) is 5.96 Å². The highest BCUT2D eigenvalue weighted by atomic mass is 19.3. The van der Waals surface area contributed by atoms with Crippen LogP contribution >= 0.6 is 0 Å². The zero-order chi connectivity index (χ0) is 23.4. The highest BCUT2D eigenvalue weighted by Crippen LogP contribution is 2.42. The lowest BCUT2D eigenvalue weighted by Gasteiger charge is -2.41. The molecule has 0 bridgehead atoms. The average Bonchev–Trinajstić information content (AvgIpc) is 3.18. The van der Waals surface area contributed by atoms with Gasteiger partial charge in [-0.15, -0.1) is 5.10 Å². The summed E-state index contributed by atoms with van der Waals surface area (Å²) in [5.74, 6) is -3.89. The molecule has 1 saturated carbocycles. The SMILES string of the molecule is C=N/C(=N\N(C)/C(=N\C=C/C)c1cnn(C2(CC#N)CNC2)c1)NC(=O)C1CC(F)(F)C1. The molecule has 1 aliphatic carbocycles. The standard InChI is InChI=1S/C20H25F2N9O/c1-4-7-26-16(15-10-27-31(11-15)19(5-6-23)12-25-13-19)30(3)29-18(24-2)28-17(32)14-8-20(21,22)9-14/h4,7,10-11,14,25H,2,5,8-9,12-13H2,1,3H3,(H,28,29,32)/b7-4-,26-16-. The van der Waals surface area contributed by atoms with Crippen molar-refractivity contribution in [2.45, 2.75) is 37.6 Å². The molecule has 0 radical (unpaired) electrons. The Morgan fingerprint density at radius 3 is 2.78 bits per heavy atom. The van der Waals surface area contributed by atoms with Gasteiger partial charge < -0.3 is 5.32 Å². The fourth-order valence-corrected chi connectivity index (χ4v) is 3.46. The van der Waals surface area contributed by atoms with E-state index in [1.807, 2.05) is 0 Å². The number of nitriles is 1. The quantitative estimate of drug-likeness (QED) is 0.390. The first-order chi connectivity index (χ1) is 15.2. The Labute approximate surface area is 184 Å². The maximum absolute atomic E-state index is 13.0. The van der Waals surface area contributed by atoms with Crippen molar-refractivity contribution in [1.82, 2.24) is 25.4 Å². The van der Waals surface area contributed by atoms with Crippen LogP contribution in [-0.4, -0.2) is 65.3 Å². The van der Waals surface area contributed by atoms with Gasteiger partial charge in [-0.1, -0.05) is 6.08 Å². The number of carbonyl (C=O) groups is 1. The molecule has 1 aromatic heterocycles. The fraction of sp³-hybridized carbons (Fsp3) is 0.500. The second kappa shape index (κ2) is 9.35. The van der Waals surface area contributed by atoms with Crippen molar-refractivity contribution in [2.75, 3.05) is 20.1 Å². The van der Waals surface area contributed by atoms with Gasteiger partial charge in [-0.2, -0.15) is 10.4 Å². The number of nitrogens with zero attached hydrogens (tertiary/aromatic N) is 7. The van der Waals surface area contributed by atoms with E-state index in [1.165, 1.54) is 5.01 Å². The normalized spacial score (nSPS) is 20.2. The molecule has 0 unspecified atom stereocenters. The molecule has 2 N–H and O–H groups in total. The number of guanidine groups is 1. The van der Waals surface area contributed by atoms with Crippen LogP contribution in [-0.2, 0) is 10.3 Å². The predicted octanol–water partition coefficient (Wildman–Crippen LogP) is 1.44. The Morgan fingerprint density at radius 1 is 1.53 bits per heavy atom. The molecule has 0 spiro atoms. The molecule has 1 aromatic rings. The summed E-state index contributed by atoms with van der Waals surface area (Å²) in [6, 6.07) is 2.20. The van der Waals surface area contributed by atoms with E-state index < -0.39 is 36.1 Å². The largest absolute Gasteiger partial charge is 0.312 e. The second-order valence-corrected chi connectivity index (χ2v) is 7.83. The molecular formula is C20H25F2N9O. The zero-order valence-electron chi connectivity index (χ0n) is 17.9. The van der Waals surface area contributed by atoms with E-state index in [2.05, 4.69) is 43.6 Å². The molecule has 0 atom stereocenters. The van der Waals surface area contributed by atoms with Gasteiger partial charge in [0.25, 0.3) is 0 Å². The van der Waals surface area contributed by atoms with Gasteiger partial charge in [0.1, 0.15) is 5.54 Å². The number of nitrogens with one attached hydrogen (secondary N) is 2. The summed E-state index contributed by atoms with van der Waals surface area (Å²) in [4.78, 5) is 20.3. The summed E-state index contributed by atoms with van der Waals surface area (Å²) in [6.07, 6.45) is 6.03. The zero-order valence-corrected chi connectivity index (χ0v) is 17.9. The van der Waals surface area contributed by atoms with E-state index in [1.54, 1.807) is 43.3 Å². The number of allylic oxidation sites excluding steroid dienone is 1. The lowest BCUT2D eigenvalue weighted by Crippen LogP contribution is -2.60. The summed E-state index contributed by atoms with van der Waals surface area (Å²) in [7, 11) is 1.60. The maximum atomic E-state index is 13.0. The van der Waals surface area contributed by atoms with Crippen LogP contribution in [0, 0.1) is 17.2 Å². The summed E-state index contributed by atoms with van der Waals surface area (Å²) in [5.41, 5.74) is 0.222. The van der Waals surface area contributed by atoms with Crippen LogP contribution in [0.15, 0.2) is 39.8 Å². The van der Waals surface area contributed by atoms with E-state index >= 15 is 0 Å². The lowest BCUT2D eigenvalue weighted by molar-refractivity contribution is -0.148.